The predicted molar refractivity (Wildman–Crippen MR) is 67.2 cm³/mol. The maximum Gasteiger partial charge on any atom is 0.241 e. The van der Waals surface area contributed by atoms with Crippen LogP contribution in [0.4, 0.5) is 11.9 Å². The van der Waals surface area contributed by atoms with E-state index in [4.69, 9.17) is 5.73 Å². The van der Waals surface area contributed by atoms with Crippen molar-refractivity contribution >= 4 is 11.9 Å². The molecule has 0 spiro atoms. The highest BCUT2D eigenvalue weighted by molar-refractivity contribution is 5.37. The lowest BCUT2D eigenvalue weighted by Crippen LogP contribution is -2.12. The molecule has 0 amide bonds. The molecule has 0 saturated heterocycles. The van der Waals surface area contributed by atoms with Crippen LogP contribution in [0.2, 0.25) is 0 Å². The zero-order valence-electron chi connectivity index (χ0n) is 10.1. The summed E-state index contributed by atoms with van der Waals surface area (Å²) in [4.78, 5) is 16.5. The van der Waals surface area contributed by atoms with Gasteiger partial charge >= 0.3 is 0 Å². The third-order valence-corrected chi connectivity index (χ3v) is 3.14. The summed E-state index contributed by atoms with van der Waals surface area (Å²) in [5.41, 5.74) is 5.69. The van der Waals surface area contributed by atoms with Crippen molar-refractivity contribution in [1.29, 1.82) is 0 Å². The lowest BCUT2D eigenvalue weighted by atomic mass is 10.3. The lowest BCUT2D eigenvalue weighted by molar-refractivity contribution is 0.769. The minimum atomic E-state index is 0.213. The standard InChI is InChI=1S/C11H15N7/c1-2-7-5-8(7)14-10-15-9(12)16-11(17-10)18-4-3-13-6-18/h3-4,6-8H,2,5H2,1H3,(H3,12,14,15,16,17). The molecule has 0 bridgehead atoms. The average Bonchev–Trinajstić information content (AvgIpc) is 2.89. The second-order valence-electron chi connectivity index (χ2n) is 4.44. The molecule has 1 saturated carbocycles. The molecule has 1 aliphatic rings. The molecule has 18 heavy (non-hydrogen) atoms. The van der Waals surface area contributed by atoms with Gasteiger partial charge in [-0.15, -0.1) is 0 Å². The number of anilines is 2. The Morgan fingerprint density at radius 3 is 3.00 bits per heavy atom. The molecule has 3 N–H and O–H groups in total. The molecule has 1 fully saturated rings. The summed E-state index contributed by atoms with van der Waals surface area (Å²) in [5.74, 6) is 1.95. The van der Waals surface area contributed by atoms with Crippen LogP contribution in [0.5, 0.6) is 0 Å². The third-order valence-electron chi connectivity index (χ3n) is 3.14. The molecule has 2 aromatic heterocycles. The maximum atomic E-state index is 5.69. The van der Waals surface area contributed by atoms with E-state index in [2.05, 4.69) is 32.2 Å². The molecule has 2 atom stereocenters. The van der Waals surface area contributed by atoms with Gasteiger partial charge in [-0.05, 0) is 12.3 Å². The van der Waals surface area contributed by atoms with Gasteiger partial charge in [0.25, 0.3) is 0 Å². The summed E-state index contributed by atoms with van der Waals surface area (Å²) in [6.07, 6.45) is 7.41. The molecule has 7 nitrogen and oxygen atoms in total. The van der Waals surface area contributed by atoms with Crippen molar-refractivity contribution < 1.29 is 0 Å². The fourth-order valence-corrected chi connectivity index (χ4v) is 1.98. The van der Waals surface area contributed by atoms with Crippen LogP contribution in [-0.2, 0) is 0 Å². The van der Waals surface area contributed by atoms with E-state index in [1.54, 1.807) is 23.3 Å². The average molecular weight is 245 g/mol. The normalized spacial score (nSPS) is 21.8. The van der Waals surface area contributed by atoms with E-state index in [-0.39, 0.29) is 5.95 Å². The van der Waals surface area contributed by atoms with Crippen molar-refractivity contribution in [2.75, 3.05) is 11.1 Å². The second-order valence-corrected chi connectivity index (χ2v) is 4.44. The van der Waals surface area contributed by atoms with Gasteiger partial charge in [0.15, 0.2) is 0 Å². The van der Waals surface area contributed by atoms with Crippen LogP contribution in [0.1, 0.15) is 19.8 Å². The van der Waals surface area contributed by atoms with Gasteiger partial charge in [-0.1, -0.05) is 13.3 Å². The first-order chi connectivity index (χ1) is 8.76. The number of aromatic nitrogens is 5. The highest BCUT2D eigenvalue weighted by Crippen LogP contribution is 2.35. The number of hydrogen-bond acceptors (Lipinski definition) is 6. The molecule has 3 rings (SSSR count). The summed E-state index contributed by atoms with van der Waals surface area (Å²) in [6, 6.07) is 0.465. The predicted octanol–water partition coefficient (Wildman–Crippen LogP) is 0.850. The zero-order valence-corrected chi connectivity index (χ0v) is 10.1. The van der Waals surface area contributed by atoms with Crippen molar-refractivity contribution in [2.24, 2.45) is 5.92 Å². The van der Waals surface area contributed by atoms with Crippen LogP contribution < -0.4 is 11.1 Å². The molecule has 2 aromatic rings. The van der Waals surface area contributed by atoms with E-state index in [1.807, 2.05) is 0 Å². The Morgan fingerprint density at radius 1 is 1.44 bits per heavy atom. The monoisotopic (exact) mass is 245 g/mol. The van der Waals surface area contributed by atoms with Crippen LogP contribution in [0.15, 0.2) is 18.7 Å². The van der Waals surface area contributed by atoms with E-state index in [0.29, 0.717) is 17.9 Å². The number of hydrogen-bond donors (Lipinski definition) is 2. The molecular weight excluding hydrogens is 230 g/mol. The first kappa shape index (κ1) is 10.9. The lowest BCUT2D eigenvalue weighted by Gasteiger charge is -2.06. The summed E-state index contributed by atoms with van der Waals surface area (Å²) >= 11 is 0. The van der Waals surface area contributed by atoms with E-state index in [9.17, 15) is 0 Å². The van der Waals surface area contributed by atoms with Crippen LogP contribution in [0.3, 0.4) is 0 Å². The molecule has 0 radical (unpaired) electrons. The third kappa shape index (κ3) is 2.11. The Balaban J connectivity index is 1.83. The molecule has 94 valence electrons. The van der Waals surface area contributed by atoms with Gasteiger partial charge in [-0.3, -0.25) is 4.57 Å². The van der Waals surface area contributed by atoms with Crippen LogP contribution in [0, 0.1) is 5.92 Å². The van der Waals surface area contributed by atoms with Crippen LogP contribution in [0.25, 0.3) is 5.95 Å². The zero-order chi connectivity index (χ0) is 12.5. The number of imidazole rings is 1. The quantitative estimate of drug-likeness (QED) is 0.829. The van der Waals surface area contributed by atoms with Gasteiger partial charge < -0.3 is 11.1 Å². The molecule has 2 heterocycles. The summed E-state index contributed by atoms with van der Waals surface area (Å²) < 4.78 is 1.70. The number of nitrogen functional groups attached to an aromatic ring is 1. The van der Waals surface area contributed by atoms with Gasteiger partial charge in [0.05, 0.1) is 0 Å². The van der Waals surface area contributed by atoms with Gasteiger partial charge in [-0.2, -0.15) is 15.0 Å². The number of nitrogens with one attached hydrogen (secondary N) is 1. The van der Waals surface area contributed by atoms with Gasteiger partial charge in [0, 0.05) is 18.4 Å². The van der Waals surface area contributed by atoms with Crippen LogP contribution >= 0.6 is 0 Å². The van der Waals surface area contributed by atoms with Crippen molar-refractivity contribution in [2.45, 2.75) is 25.8 Å². The van der Waals surface area contributed by atoms with E-state index in [1.165, 1.54) is 12.8 Å². The Labute approximate surface area is 104 Å². The van der Waals surface area contributed by atoms with Crippen molar-refractivity contribution in [3.63, 3.8) is 0 Å². The molecule has 0 aromatic carbocycles. The van der Waals surface area contributed by atoms with Gasteiger partial charge in [0.2, 0.25) is 17.8 Å². The fraction of sp³-hybridized carbons (Fsp3) is 0.455. The highest BCUT2D eigenvalue weighted by atomic mass is 15.3. The van der Waals surface area contributed by atoms with Crippen LogP contribution in [-0.4, -0.2) is 30.5 Å². The number of nitrogens with zero attached hydrogens (tertiary/aromatic N) is 5. The fourth-order valence-electron chi connectivity index (χ4n) is 1.98. The Morgan fingerprint density at radius 2 is 2.33 bits per heavy atom. The van der Waals surface area contributed by atoms with Gasteiger partial charge in [-0.25, -0.2) is 4.98 Å². The number of rotatable bonds is 4. The Kier molecular flexibility index (Phi) is 2.58. The Hall–Kier alpha value is -2.18. The largest absolute Gasteiger partial charge is 0.368 e. The topological polar surface area (TPSA) is 94.5 Å². The maximum absolute atomic E-state index is 5.69. The van der Waals surface area contributed by atoms with E-state index in [0.717, 1.165) is 5.92 Å². The first-order valence-corrected chi connectivity index (χ1v) is 6.02. The van der Waals surface area contributed by atoms with Gasteiger partial charge in [0.1, 0.15) is 6.33 Å². The summed E-state index contributed by atoms with van der Waals surface area (Å²) in [6.45, 7) is 2.19. The minimum Gasteiger partial charge on any atom is -0.368 e. The van der Waals surface area contributed by atoms with E-state index < -0.39 is 0 Å². The molecular formula is C11H15N7. The van der Waals surface area contributed by atoms with Crippen molar-refractivity contribution in [1.82, 2.24) is 24.5 Å². The molecule has 0 aliphatic heterocycles. The van der Waals surface area contributed by atoms with Crippen molar-refractivity contribution in [3.8, 4) is 5.95 Å². The van der Waals surface area contributed by atoms with E-state index >= 15 is 0 Å². The molecule has 7 heteroatoms. The molecule has 2 unspecified atom stereocenters. The first-order valence-electron chi connectivity index (χ1n) is 6.02. The summed E-state index contributed by atoms with van der Waals surface area (Å²) in [7, 11) is 0. The highest BCUT2D eigenvalue weighted by Gasteiger charge is 2.35. The smallest absolute Gasteiger partial charge is 0.241 e. The summed E-state index contributed by atoms with van der Waals surface area (Å²) in [5, 5.41) is 3.28. The SMILES string of the molecule is CCC1CC1Nc1nc(N)nc(-n2ccnc2)n1. The minimum absolute atomic E-state index is 0.213. The second kappa shape index (κ2) is 4.25. The molecule has 1 aliphatic carbocycles. The van der Waals surface area contributed by atoms with Crippen molar-refractivity contribution in [3.05, 3.63) is 18.7 Å². The Bertz CT molecular complexity index is 536. The number of nitrogens with two attached hydrogens (primary N) is 1.